The van der Waals surface area contributed by atoms with Gasteiger partial charge in [-0.05, 0) is 38.5 Å². The monoisotopic (exact) mass is 370 g/mol. The van der Waals surface area contributed by atoms with Crippen LogP contribution in [0.4, 0.5) is 9.59 Å². The molecule has 7 nitrogen and oxygen atoms in total. The number of thioether (sulfide) groups is 1. The summed E-state index contributed by atoms with van der Waals surface area (Å²) in [5.41, 5.74) is 0. The number of allylic oxidation sites excluding steroid dienone is 2. The second-order valence-corrected chi connectivity index (χ2v) is 7.83. The molecule has 0 saturated carbocycles. The molecule has 25 heavy (non-hydrogen) atoms. The maximum atomic E-state index is 12.0. The van der Waals surface area contributed by atoms with E-state index in [2.05, 4.69) is 22.8 Å². The van der Waals surface area contributed by atoms with Crippen LogP contribution >= 0.6 is 11.8 Å². The number of ether oxygens (including phenoxy) is 2. The summed E-state index contributed by atoms with van der Waals surface area (Å²) in [5, 5.41) is 16.5. The number of carbonyl (C=O) groups is 2. The van der Waals surface area contributed by atoms with Crippen molar-refractivity contribution in [1.82, 2.24) is 10.6 Å². The van der Waals surface area contributed by atoms with Crippen LogP contribution in [-0.4, -0.2) is 52.8 Å². The topological polar surface area (TPSA) is 96.9 Å². The zero-order valence-electron chi connectivity index (χ0n) is 14.2. The molecule has 4 atom stereocenters. The smallest absolute Gasteiger partial charge is 0.407 e. The quantitative estimate of drug-likeness (QED) is 0.613. The van der Waals surface area contributed by atoms with Crippen LogP contribution in [0.2, 0.25) is 0 Å². The van der Waals surface area contributed by atoms with Crippen molar-refractivity contribution in [2.45, 2.75) is 68.9 Å². The molecule has 0 spiro atoms. The predicted octanol–water partition coefficient (Wildman–Crippen LogP) is 2.29. The summed E-state index contributed by atoms with van der Waals surface area (Å²) < 4.78 is 11.2. The highest BCUT2D eigenvalue weighted by molar-refractivity contribution is 8.14. The Kier molecular flexibility index (Phi) is 6.24. The first-order valence-electron chi connectivity index (χ1n) is 8.97. The molecule has 3 heterocycles. The molecule has 0 aromatic carbocycles. The number of fused-ring (bicyclic) bond motifs is 2. The Bertz CT molecular complexity index is 529. The van der Waals surface area contributed by atoms with Gasteiger partial charge in [-0.3, -0.25) is 4.79 Å². The number of hydrogen-bond acceptors (Lipinski definition) is 6. The van der Waals surface area contributed by atoms with Gasteiger partial charge < -0.3 is 25.2 Å². The minimum atomic E-state index is -1.47. The van der Waals surface area contributed by atoms with Crippen LogP contribution in [0.1, 0.15) is 44.9 Å². The zero-order valence-corrected chi connectivity index (χ0v) is 15.1. The van der Waals surface area contributed by atoms with E-state index in [1.165, 1.54) is 0 Å². The van der Waals surface area contributed by atoms with Gasteiger partial charge in [-0.25, -0.2) is 4.79 Å². The fourth-order valence-corrected chi connectivity index (χ4v) is 4.44. The van der Waals surface area contributed by atoms with E-state index in [-0.39, 0.29) is 23.8 Å². The van der Waals surface area contributed by atoms with Crippen molar-refractivity contribution in [3.63, 3.8) is 0 Å². The molecule has 2 saturated heterocycles. The number of alkyl carbamates (subject to hydrolysis) is 1. The average molecular weight is 370 g/mol. The van der Waals surface area contributed by atoms with E-state index in [4.69, 9.17) is 9.47 Å². The Labute approximate surface area is 151 Å². The highest BCUT2D eigenvalue weighted by Gasteiger charge is 2.48. The van der Waals surface area contributed by atoms with Crippen LogP contribution in [0.25, 0.3) is 0 Å². The minimum Gasteiger partial charge on any atom is -0.450 e. The van der Waals surface area contributed by atoms with Crippen molar-refractivity contribution in [2.24, 2.45) is 0 Å². The first-order valence-corrected chi connectivity index (χ1v) is 9.95. The molecule has 1 unspecified atom stereocenters. The van der Waals surface area contributed by atoms with Crippen molar-refractivity contribution in [3.05, 3.63) is 12.2 Å². The number of aliphatic hydroxyl groups is 1. The van der Waals surface area contributed by atoms with E-state index >= 15 is 0 Å². The number of amides is 2. The predicted molar refractivity (Wildman–Crippen MR) is 94.3 cm³/mol. The lowest BCUT2D eigenvalue weighted by Gasteiger charge is -2.44. The molecule has 3 N–H and O–H groups in total. The third-order valence-corrected chi connectivity index (χ3v) is 5.69. The summed E-state index contributed by atoms with van der Waals surface area (Å²) in [5.74, 6) is -1.01. The lowest BCUT2D eigenvalue weighted by Crippen LogP contribution is -2.60. The average Bonchev–Trinajstić information content (AvgIpc) is 2.99. The SMILES string of the molecule is O=C1N[C@@H]2C[C@@H](CCCC=CCCCO1)O[C@@](O)(C1CSC(=O)N1)C2. The molecule has 2 bridgehead atoms. The molecule has 3 aliphatic heterocycles. The molecular formula is C17H26N2O5S. The second kappa shape index (κ2) is 8.42. The van der Waals surface area contributed by atoms with Crippen molar-refractivity contribution in [2.75, 3.05) is 12.4 Å². The number of cyclic esters (lactones) is 1. The van der Waals surface area contributed by atoms with Crippen molar-refractivity contribution >= 4 is 23.1 Å². The first-order chi connectivity index (χ1) is 12.0. The largest absolute Gasteiger partial charge is 0.450 e. The third kappa shape index (κ3) is 5.12. The second-order valence-electron chi connectivity index (χ2n) is 6.84. The molecule has 140 valence electrons. The van der Waals surface area contributed by atoms with E-state index in [1.807, 2.05) is 0 Å². The number of nitrogens with one attached hydrogen (secondary N) is 2. The van der Waals surface area contributed by atoms with E-state index in [9.17, 15) is 14.7 Å². The summed E-state index contributed by atoms with van der Waals surface area (Å²) in [6.45, 7) is 0.377. The van der Waals surface area contributed by atoms with Crippen molar-refractivity contribution in [1.29, 1.82) is 0 Å². The van der Waals surface area contributed by atoms with E-state index in [0.717, 1.165) is 43.9 Å². The third-order valence-electron chi connectivity index (χ3n) is 4.81. The molecule has 2 amide bonds. The maximum absolute atomic E-state index is 12.0. The van der Waals surface area contributed by atoms with Crippen molar-refractivity contribution < 1.29 is 24.2 Å². The lowest BCUT2D eigenvalue weighted by molar-refractivity contribution is -0.269. The Morgan fingerprint density at radius 1 is 1.20 bits per heavy atom. The molecular weight excluding hydrogens is 344 g/mol. The Hall–Kier alpha value is -1.25. The Morgan fingerprint density at radius 3 is 2.76 bits per heavy atom. The highest BCUT2D eigenvalue weighted by Crippen LogP contribution is 2.35. The highest BCUT2D eigenvalue weighted by atomic mass is 32.2. The van der Waals surface area contributed by atoms with Crippen molar-refractivity contribution in [3.8, 4) is 0 Å². The molecule has 0 radical (unpaired) electrons. The first kappa shape index (κ1) is 18.5. The standard InChI is InChI=1S/C17H26N2O5S/c20-15-18-12-9-13(7-5-3-1-2-4-6-8-23-15)24-17(22,10-12)14-11-25-16(21)19-14/h1-2,12-14,22H,3-11H2,(H,18,20)(H,19,21)/t12-,13-,14?,17-/m1/s1. The van der Waals surface area contributed by atoms with Crippen LogP contribution in [0.5, 0.6) is 0 Å². The van der Waals surface area contributed by atoms with E-state index in [1.54, 1.807) is 0 Å². The van der Waals surface area contributed by atoms with Crippen LogP contribution in [0, 0.1) is 0 Å². The van der Waals surface area contributed by atoms with Gasteiger partial charge in [0.1, 0.15) is 0 Å². The van der Waals surface area contributed by atoms with Gasteiger partial charge in [0.15, 0.2) is 5.79 Å². The van der Waals surface area contributed by atoms with E-state index in [0.29, 0.717) is 18.8 Å². The van der Waals surface area contributed by atoms with Gasteiger partial charge in [0.2, 0.25) is 0 Å². The lowest BCUT2D eigenvalue weighted by atomic mass is 9.90. The van der Waals surface area contributed by atoms with Gasteiger partial charge in [-0.1, -0.05) is 23.9 Å². The van der Waals surface area contributed by atoms with Crippen LogP contribution in [0.3, 0.4) is 0 Å². The molecule has 3 rings (SSSR count). The fraction of sp³-hybridized carbons (Fsp3) is 0.765. The fourth-order valence-electron chi connectivity index (χ4n) is 3.55. The Balaban J connectivity index is 1.70. The number of hydrogen-bond donors (Lipinski definition) is 3. The van der Waals surface area contributed by atoms with Gasteiger partial charge >= 0.3 is 6.09 Å². The van der Waals surface area contributed by atoms with Gasteiger partial charge in [0.25, 0.3) is 5.24 Å². The molecule has 0 aliphatic carbocycles. The summed E-state index contributed by atoms with van der Waals surface area (Å²) in [7, 11) is 0. The molecule has 2 fully saturated rings. The van der Waals surface area contributed by atoms with Gasteiger partial charge in [0, 0.05) is 18.2 Å². The Morgan fingerprint density at radius 2 is 2.00 bits per heavy atom. The summed E-state index contributed by atoms with van der Waals surface area (Å²) in [6.07, 6.45) is 8.93. The number of carbonyl (C=O) groups excluding carboxylic acids is 2. The van der Waals surface area contributed by atoms with Gasteiger partial charge in [-0.15, -0.1) is 0 Å². The normalized spacial score (nSPS) is 37.6. The van der Waals surface area contributed by atoms with Gasteiger partial charge in [-0.2, -0.15) is 0 Å². The van der Waals surface area contributed by atoms with Gasteiger partial charge in [0.05, 0.1) is 18.8 Å². The molecule has 0 aromatic heterocycles. The summed E-state index contributed by atoms with van der Waals surface area (Å²) in [6, 6.07) is -0.705. The van der Waals surface area contributed by atoms with Crippen LogP contribution < -0.4 is 10.6 Å². The molecule has 0 aromatic rings. The maximum Gasteiger partial charge on any atom is 0.407 e. The van der Waals surface area contributed by atoms with Crippen LogP contribution in [-0.2, 0) is 9.47 Å². The molecule has 8 heteroatoms. The van der Waals surface area contributed by atoms with Crippen LogP contribution in [0.15, 0.2) is 12.2 Å². The summed E-state index contributed by atoms with van der Waals surface area (Å²) >= 11 is 1.14. The minimum absolute atomic E-state index is 0.152. The summed E-state index contributed by atoms with van der Waals surface area (Å²) in [4.78, 5) is 23.5. The number of rotatable bonds is 1. The van der Waals surface area contributed by atoms with E-state index < -0.39 is 17.9 Å². The zero-order chi connectivity index (χ0) is 17.7. The molecule has 3 aliphatic rings.